The molecule has 1 aromatic carbocycles. The van der Waals surface area contributed by atoms with E-state index in [4.69, 9.17) is 4.99 Å². The second kappa shape index (κ2) is 7.57. The van der Waals surface area contributed by atoms with Crippen LogP contribution in [0.3, 0.4) is 0 Å². The molecule has 6 nitrogen and oxygen atoms in total. The average Bonchev–Trinajstić information content (AvgIpc) is 3.40. The van der Waals surface area contributed by atoms with Crippen molar-refractivity contribution < 1.29 is 4.79 Å². The summed E-state index contributed by atoms with van der Waals surface area (Å²) in [6.45, 7) is 3.85. The first kappa shape index (κ1) is 18.8. The minimum atomic E-state index is -0.438. The number of hydrogen-bond acceptors (Lipinski definition) is 5. The molecular weight excluding hydrogens is 394 g/mol. The summed E-state index contributed by atoms with van der Waals surface area (Å²) in [7, 11) is 0. The normalized spacial score (nSPS) is 21.4. The topological polar surface area (TPSA) is 69.6 Å². The zero-order chi connectivity index (χ0) is 20.6. The highest BCUT2D eigenvalue weighted by Crippen LogP contribution is 2.36. The molecule has 5 rings (SSSR count). The summed E-state index contributed by atoms with van der Waals surface area (Å²) >= 11 is 1.55. The number of carbonyl (C=O) groups is 1. The number of nitrogens with zero attached hydrogens (tertiary/aromatic N) is 3. The van der Waals surface area contributed by atoms with Gasteiger partial charge in [0, 0.05) is 17.6 Å². The van der Waals surface area contributed by atoms with Gasteiger partial charge in [-0.15, -0.1) is 11.3 Å². The van der Waals surface area contributed by atoms with Gasteiger partial charge >= 0.3 is 0 Å². The highest BCUT2D eigenvalue weighted by atomic mass is 32.1. The number of aromatic nitrogens is 1. The first-order valence-corrected chi connectivity index (χ1v) is 10.9. The second-order valence-corrected chi connectivity index (χ2v) is 9.06. The lowest BCUT2D eigenvalue weighted by molar-refractivity contribution is 0.0794. The van der Waals surface area contributed by atoms with Gasteiger partial charge in [0.25, 0.3) is 5.91 Å². The first-order chi connectivity index (χ1) is 14.6. The van der Waals surface area contributed by atoms with Crippen molar-refractivity contribution in [1.82, 2.24) is 9.88 Å². The molecule has 0 aliphatic carbocycles. The van der Waals surface area contributed by atoms with Crippen molar-refractivity contribution in [2.45, 2.75) is 25.4 Å². The summed E-state index contributed by atoms with van der Waals surface area (Å²) in [5.41, 5.74) is 1.65. The number of rotatable bonds is 3. The van der Waals surface area contributed by atoms with Crippen LogP contribution in [0.5, 0.6) is 0 Å². The van der Waals surface area contributed by atoms with Gasteiger partial charge in [-0.25, -0.2) is 4.98 Å². The summed E-state index contributed by atoms with van der Waals surface area (Å²) in [6, 6.07) is 18.0. The molecule has 0 bridgehead atoms. The van der Waals surface area contributed by atoms with Crippen molar-refractivity contribution in [3.63, 3.8) is 0 Å². The minimum absolute atomic E-state index is 0.0890. The van der Waals surface area contributed by atoms with Gasteiger partial charge < -0.3 is 15.5 Å². The number of likely N-dealkylation sites (tertiary alicyclic amines) is 1. The van der Waals surface area contributed by atoms with Gasteiger partial charge in [0.2, 0.25) is 0 Å². The van der Waals surface area contributed by atoms with Crippen LogP contribution in [0.4, 0.5) is 11.5 Å². The SMILES string of the molecule is Cc1ccc(C(=O)N2CCC3(C2)Nc2cccnc2NC3=NCc2ccccc2)s1. The van der Waals surface area contributed by atoms with Crippen LogP contribution in [0.15, 0.2) is 65.8 Å². The average molecular weight is 418 g/mol. The number of amidine groups is 1. The summed E-state index contributed by atoms with van der Waals surface area (Å²) in [6.07, 6.45) is 2.56. The molecule has 1 amide bonds. The smallest absolute Gasteiger partial charge is 0.264 e. The van der Waals surface area contributed by atoms with Crippen LogP contribution in [0.1, 0.15) is 26.5 Å². The minimum Gasteiger partial charge on any atom is -0.368 e. The molecular formula is C23H23N5OS. The Morgan fingerprint density at radius 1 is 1.20 bits per heavy atom. The number of amides is 1. The largest absolute Gasteiger partial charge is 0.368 e. The third kappa shape index (κ3) is 3.45. The quantitative estimate of drug-likeness (QED) is 0.671. The van der Waals surface area contributed by atoms with E-state index >= 15 is 0 Å². The number of aliphatic imine (C=N–C) groups is 1. The van der Waals surface area contributed by atoms with Gasteiger partial charge in [-0.3, -0.25) is 9.79 Å². The molecule has 2 aliphatic rings. The Hall–Kier alpha value is -3.19. The van der Waals surface area contributed by atoms with Gasteiger partial charge in [-0.05, 0) is 43.2 Å². The van der Waals surface area contributed by atoms with E-state index in [-0.39, 0.29) is 5.91 Å². The number of anilines is 2. The fourth-order valence-corrected chi connectivity index (χ4v) is 4.92. The summed E-state index contributed by atoms with van der Waals surface area (Å²) in [5.74, 6) is 1.70. The lowest BCUT2D eigenvalue weighted by Gasteiger charge is -2.38. The number of pyridine rings is 1. The molecule has 1 unspecified atom stereocenters. The van der Waals surface area contributed by atoms with E-state index in [0.717, 1.165) is 39.1 Å². The molecule has 3 aromatic rings. The van der Waals surface area contributed by atoms with Crippen LogP contribution in [0, 0.1) is 6.92 Å². The van der Waals surface area contributed by atoms with Crippen LogP contribution in [0.2, 0.25) is 0 Å². The number of fused-ring (bicyclic) bond motifs is 1. The zero-order valence-electron chi connectivity index (χ0n) is 16.8. The molecule has 1 spiro atoms. The van der Waals surface area contributed by atoms with Crippen molar-refractivity contribution in [2.75, 3.05) is 23.7 Å². The molecule has 1 fully saturated rings. The summed E-state index contributed by atoms with van der Waals surface area (Å²) in [4.78, 5) is 26.3. The monoisotopic (exact) mass is 417 g/mol. The molecule has 30 heavy (non-hydrogen) atoms. The lowest BCUT2D eigenvalue weighted by Crippen LogP contribution is -2.55. The highest BCUT2D eigenvalue weighted by molar-refractivity contribution is 7.13. The maximum Gasteiger partial charge on any atom is 0.264 e. The third-order valence-corrected chi connectivity index (χ3v) is 6.63. The number of aryl methyl sites for hydroxylation is 1. The Kier molecular flexibility index (Phi) is 4.75. The third-order valence-electron chi connectivity index (χ3n) is 5.64. The van der Waals surface area contributed by atoms with E-state index in [2.05, 4.69) is 27.8 Å². The van der Waals surface area contributed by atoms with Crippen molar-refractivity contribution >= 4 is 34.6 Å². The van der Waals surface area contributed by atoms with Gasteiger partial charge in [0.05, 0.1) is 23.7 Å². The fourth-order valence-electron chi connectivity index (χ4n) is 4.08. The molecule has 1 atom stereocenters. The summed E-state index contributed by atoms with van der Waals surface area (Å²) in [5, 5.41) is 7.10. The van der Waals surface area contributed by atoms with Gasteiger partial charge in [-0.2, -0.15) is 0 Å². The maximum absolute atomic E-state index is 13.1. The van der Waals surface area contributed by atoms with E-state index in [0.29, 0.717) is 19.6 Å². The molecule has 2 aliphatic heterocycles. The number of benzene rings is 1. The molecule has 4 heterocycles. The Morgan fingerprint density at radius 3 is 2.87 bits per heavy atom. The highest BCUT2D eigenvalue weighted by Gasteiger charge is 2.47. The number of nitrogens with one attached hydrogen (secondary N) is 2. The first-order valence-electron chi connectivity index (χ1n) is 10.1. The van der Waals surface area contributed by atoms with Crippen molar-refractivity contribution in [3.8, 4) is 0 Å². The van der Waals surface area contributed by atoms with E-state index in [1.54, 1.807) is 17.5 Å². The van der Waals surface area contributed by atoms with Crippen molar-refractivity contribution in [2.24, 2.45) is 4.99 Å². The number of hydrogen-bond donors (Lipinski definition) is 2. The van der Waals surface area contributed by atoms with Crippen LogP contribution in [-0.2, 0) is 6.54 Å². The second-order valence-electron chi connectivity index (χ2n) is 7.77. The molecule has 0 radical (unpaired) electrons. The maximum atomic E-state index is 13.1. The van der Waals surface area contributed by atoms with Crippen molar-refractivity contribution in [3.05, 3.63) is 76.1 Å². The molecule has 7 heteroatoms. The number of thiophene rings is 1. The lowest BCUT2D eigenvalue weighted by atomic mass is 9.93. The van der Waals surface area contributed by atoms with E-state index in [9.17, 15) is 4.79 Å². The standard InChI is InChI=1S/C23H23N5OS/c1-16-9-10-19(30-16)21(29)28-13-11-23(15-28)22(25-14-17-6-3-2-4-7-17)26-20-18(27-23)8-5-12-24-20/h2-10,12,27H,11,13-15H2,1H3,(H,24,25,26). The molecule has 0 saturated carbocycles. The Labute approximate surface area is 179 Å². The molecule has 2 aromatic heterocycles. The van der Waals surface area contributed by atoms with Crippen LogP contribution < -0.4 is 10.6 Å². The van der Waals surface area contributed by atoms with Gasteiger partial charge in [0.15, 0.2) is 5.82 Å². The predicted molar refractivity (Wildman–Crippen MR) is 121 cm³/mol. The van der Waals surface area contributed by atoms with Gasteiger partial charge in [-0.1, -0.05) is 30.3 Å². The van der Waals surface area contributed by atoms with E-state index in [1.165, 1.54) is 0 Å². The molecule has 2 N–H and O–H groups in total. The fraction of sp³-hybridized carbons (Fsp3) is 0.261. The summed E-state index contributed by atoms with van der Waals surface area (Å²) < 4.78 is 0. The van der Waals surface area contributed by atoms with E-state index in [1.807, 2.05) is 54.3 Å². The van der Waals surface area contributed by atoms with Crippen molar-refractivity contribution in [1.29, 1.82) is 0 Å². The number of carbonyl (C=O) groups excluding carboxylic acids is 1. The Balaban J connectivity index is 1.45. The Morgan fingerprint density at radius 2 is 2.07 bits per heavy atom. The van der Waals surface area contributed by atoms with Crippen LogP contribution in [0.25, 0.3) is 0 Å². The Bertz CT molecular complexity index is 1110. The molecule has 152 valence electrons. The zero-order valence-corrected chi connectivity index (χ0v) is 17.6. The van der Waals surface area contributed by atoms with Crippen LogP contribution >= 0.6 is 11.3 Å². The molecule has 1 saturated heterocycles. The van der Waals surface area contributed by atoms with Crippen LogP contribution in [-0.4, -0.2) is 40.3 Å². The van der Waals surface area contributed by atoms with E-state index < -0.39 is 5.54 Å². The predicted octanol–water partition coefficient (Wildman–Crippen LogP) is 4.17. The van der Waals surface area contributed by atoms with Gasteiger partial charge in [0.1, 0.15) is 11.4 Å².